The number of fused-ring (bicyclic) bond motifs is 7. The number of benzene rings is 2. The van der Waals surface area contributed by atoms with Crippen molar-refractivity contribution in [3.63, 3.8) is 0 Å². The van der Waals surface area contributed by atoms with Crippen molar-refractivity contribution in [3.8, 4) is 17.1 Å². The summed E-state index contributed by atoms with van der Waals surface area (Å²) in [5, 5.41) is 1.32. The predicted octanol–water partition coefficient (Wildman–Crippen LogP) is 4.56. The first kappa shape index (κ1) is 13.3. The second-order valence-electron chi connectivity index (χ2n) is 6.33. The van der Waals surface area contributed by atoms with E-state index in [-0.39, 0.29) is 0 Å². The molecular formula is C21H14N3S+. The highest BCUT2D eigenvalue weighted by Crippen LogP contribution is 2.40. The number of imidazole rings is 1. The topological polar surface area (TPSA) is 21.7 Å². The molecule has 0 bridgehead atoms. The van der Waals surface area contributed by atoms with Crippen LogP contribution in [-0.2, 0) is 6.54 Å². The molecule has 0 saturated carbocycles. The van der Waals surface area contributed by atoms with Crippen molar-refractivity contribution >= 4 is 31.8 Å². The fourth-order valence-electron chi connectivity index (χ4n) is 3.90. The first-order chi connectivity index (χ1) is 12.4. The first-order valence-electron chi connectivity index (χ1n) is 8.37. The number of aromatic nitrogens is 3. The summed E-state index contributed by atoms with van der Waals surface area (Å²) in [6.07, 6.45) is 1.89. The SMILES string of the molecule is c1ccc(-n2c3[n+](c4sc5ccccc5c42)Cc2ncccc2-3)cc1. The van der Waals surface area contributed by atoms with Gasteiger partial charge in [0.15, 0.2) is 5.52 Å². The molecule has 0 N–H and O–H groups in total. The molecule has 3 nitrogen and oxygen atoms in total. The summed E-state index contributed by atoms with van der Waals surface area (Å²) in [6.45, 7) is 0.842. The van der Waals surface area contributed by atoms with Gasteiger partial charge in [0.05, 0.1) is 11.3 Å². The third kappa shape index (κ3) is 1.69. The molecule has 118 valence electrons. The van der Waals surface area contributed by atoms with E-state index >= 15 is 0 Å². The molecule has 4 heteroatoms. The Kier molecular flexibility index (Phi) is 2.54. The Morgan fingerprint density at radius 2 is 1.76 bits per heavy atom. The van der Waals surface area contributed by atoms with E-state index in [1.165, 1.54) is 37.5 Å². The van der Waals surface area contributed by atoms with E-state index in [0.29, 0.717) is 0 Å². The molecule has 5 aromatic rings. The van der Waals surface area contributed by atoms with Gasteiger partial charge >= 0.3 is 0 Å². The van der Waals surface area contributed by atoms with Crippen LogP contribution in [-0.4, -0.2) is 9.55 Å². The molecule has 0 radical (unpaired) electrons. The molecule has 0 fully saturated rings. The molecule has 0 unspecified atom stereocenters. The third-order valence-corrected chi connectivity index (χ3v) is 6.12. The lowest BCUT2D eigenvalue weighted by Crippen LogP contribution is -2.30. The second kappa shape index (κ2) is 4.77. The van der Waals surface area contributed by atoms with Crippen LogP contribution in [0.3, 0.4) is 0 Å². The van der Waals surface area contributed by atoms with E-state index in [1.54, 1.807) is 0 Å². The summed E-state index contributed by atoms with van der Waals surface area (Å²) in [6, 6.07) is 23.5. The van der Waals surface area contributed by atoms with Gasteiger partial charge in [0, 0.05) is 16.3 Å². The number of para-hydroxylation sites is 1. The minimum absolute atomic E-state index is 0.842. The molecule has 0 aliphatic carbocycles. The molecule has 4 heterocycles. The number of hydrogen-bond acceptors (Lipinski definition) is 2. The zero-order chi connectivity index (χ0) is 16.4. The molecule has 0 saturated heterocycles. The van der Waals surface area contributed by atoms with Crippen LogP contribution < -0.4 is 4.57 Å². The zero-order valence-corrected chi connectivity index (χ0v) is 14.2. The smallest absolute Gasteiger partial charge is 0.256 e. The summed E-state index contributed by atoms with van der Waals surface area (Å²) >= 11 is 1.87. The molecule has 25 heavy (non-hydrogen) atoms. The third-order valence-electron chi connectivity index (χ3n) is 4.94. The van der Waals surface area contributed by atoms with Crippen molar-refractivity contribution in [2.75, 3.05) is 0 Å². The fourth-order valence-corrected chi connectivity index (χ4v) is 5.09. The minimum atomic E-state index is 0.842. The second-order valence-corrected chi connectivity index (χ2v) is 7.36. The molecule has 3 aromatic heterocycles. The number of rotatable bonds is 1. The summed E-state index contributed by atoms with van der Waals surface area (Å²) in [7, 11) is 0. The summed E-state index contributed by atoms with van der Waals surface area (Å²) < 4.78 is 6.16. The molecule has 0 amide bonds. The molecular weight excluding hydrogens is 326 g/mol. The monoisotopic (exact) mass is 340 g/mol. The van der Waals surface area contributed by atoms with Crippen molar-refractivity contribution in [3.05, 3.63) is 78.6 Å². The van der Waals surface area contributed by atoms with Crippen LogP contribution in [0.2, 0.25) is 0 Å². The Hall–Kier alpha value is -2.98. The molecule has 6 rings (SSSR count). The van der Waals surface area contributed by atoms with Crippen LogP contribution in [0.15, 0.2) is 72.9 Å². The predicted molar refractivity (Wildman–Crippen MR) is 101 cm³/mol. The van der Waals surface area contributed by atoms with E-state index in [0.717, 1.165) is 12.2 Å². The molecule has 1 aliphatic rings. The first-order valence-corrected chi connectivity index (χ1v) is 9.19. The Balaban J connectivity index is 1.84. The van der Waals surface area contributed by atoms with Gasteiger partial charge in [0.2, 0.25) is 4.83 Å². The Morgan fingerprint density at radius 1 is 0.920 bits per heavy atom. The number of thiophene rings is 1. The van der Waals surface area contributed by atoms with Gasteiger partial charge in [-0.15, -0.1) is 0 Å². The van der Waals surface area contributed by atoms with E-state index in [9.17, 15) is 0 Å². The number of nitrogens with zero attached hydrogens (tertiary/aromatic N) is 3. The van der Waals surface area contributed by atoms with Gasteiger partial charge in [-0.2, -0.15) is 4.57 Å². The van der Waals surface area contributed by atoms with Gasteiger partial charge in [-0.1, -0.05) is 41.7 Å². The van der Waals surface area contributed by atoms with Crippen molar-refractivity contribution < 1.29 is 4.57 Å². The fraction of sp³-hybridized carbons (Fsp3) is 0.0476. The quantitative estimate of drug-likeness (QED) is 0.402. The summed E-state index contributed by atoms with van der Waals surface area (Å²) in [5.74, 6) is 1.24. The lowest BCUT2D eigenvalue weighted by atomic mass is 10.2. The lowest BCUT2D eigenvalue weighted by molar-refractivity contribution is -0.644. The van der Waals surface area contributed by atoms with E-state index in [4.69, 9.17) is 0 Å². The van der Waals surface area contributed by atoms with Crippen LogP contribution in [0.4, 0.5) is 0 Å². The largest absolute Gasteiger partial charge is 0.298 e. The maximum Gasteiger partial charge on any atom is 0.298 e. The Morgan fingerprint density at radius 3 is 2.68 bits per heavy atom. The van der Waals surface area contributed by atoms with Gasteiger partial charge in [-0.25, -0.2) is 4.57 Å². The minimum Gasteiger partial charge on any atom is -0.256 e. The molecule has 1 aliphatic heterocycles. The zero-order valence-electron chi connectivity index (χ0n) is 13.4. The van der Waals surface area contributed by atoms with Crippen molar-refractivity contribution in [2.24, 2.45) is 0 Å². The summed E-state index contributed by atoms with van der Waals surface area (Å²) in [5.41, 5.74) is 4.89. The number of hydrogen-bond donors (Lipinski definition) is 0. The van der Waals surface area contributed by atoms with Gasteiger partial charge in [0.1, 0.15) is 12.2 Å². The van der Waals surface area contributed by atoms with Crippen molar-refractivity contribution in [2.45, 2.75) is 6.54 Å². The average Bonchev–Trinajstić information content (AvgIpc) is 3.30. The lowest BCUT2D eigenvalue weighted by Gasteiger charge is -2.01. The van der Waals surface area contributed by atoms with Gasteiger partial charge < -0.3 is 0 Å². The molecule has 0 atom stereocenters. The van der Waals surface area contributed by atoms with Crippen LogP contribution in [0.25, 0.3) is 37.5 Å². The van der Waals surface area contributed by atoms with Crippen LogP contribution >= 0.6 is 11.3 Å². The van der Waals surface area contributed by atoms with Crippen molar-refractivity contribution in [1.29, 1.82) is 0 Å². The number of pyridine rings is 1. The Bertz CT molecular complexity index is 1260. The molecule has 0 spiro atoms. The van der Waals surface area contributed by atoms with E-state index in [2.05, 4.69) is 74.8 Å². The van der Waals surface area contributed by atoms with Crippen molar-refractivity contribution in [1.82, 2.24) is 9.55 Å². The molecule has 2 aromatic carbocycles. The maximum atomic E-state index is 4.61. The Labute approximate surface area is 148 Å². The summed E-state index contributed by atoms with van der Waals surface area (Å²) in [4.78, 5) is 5.93. The highest BCUT2D eigenvalue weighted by molar-refractivity contribution is 7.25. The highest BCUT2D eigenvalue weighted by atomic mass is 32.1. The average molecular weight is 340 g/mol. The highest BCUT2D eigenvalue weighted by Gasteiger charge is 2.37. The normalized spacial score (nSPS) is 12.6. The maximum absolute atomic E-state index is 4.61. The van der Waals surface area contributed by atoms with Crippen LogP contribution in [0.1, 0.15) is 5.69 Å². The van der Waals surface area contributed by atoms with E-state index in [1.807, 2.05) is 23.6 Å². The standard InChI is InChI=1S/C21H14N3S/c1-2-7-14(8-3-1)24-19-16-9-4-5-11-18(16)25-21(19)23-13-17-15(20(23)24)10-6-12-22-17/h1-12H,13H2/q+1. The van der Waals surface area contributed by atoms with Gasteiger partial charge in [-0.3, -0.25) is 4.98 Å². The van der Waals surface area contributed by atoms with Crippen LogP contribution in [0.5, 0.6) is 0 Å². The van der Waals surface area contributed by atoms with Gasteiger partial charge in [-0.05, 0) is 36.4 Å². The van der Waals surface area contributed by atoms with E-state index < -0.39 is 0 Å². The van der Waals surface area contributed by atoms with Crippen LogP contribution in [0, 0.1) is 0 Å². The van der Waals surface area contributed by atoms with Gasteiger partial charge in [0.25, 0.3) is 5.82 Å².